The number of hydrogen-bond acceptors (Lipinski definition) is 9. The molecule has 0 unspecified atom stereocenters. The van der Waals surface area contributed by atoms with Gasteiger partial charge in [-0.2, -0.15) is 0 Å². The van der Waals surface area contributed by atoms with Gasteiger partial charge in [0, 0.05) is 48.9 Å². The first-order chi connectivity index (χ1) is 23.1. The maximum absolute atomic E-state index is 13.2. The molecule has 2 aromatic carbocycles. The summed E-state index contributed by atoms with van der Waals surface area (Å²) >= 11 is 0. The number of hydrogen-bond donors (Lipinski definition) is 3. The van der Waals surface area contributed by atoms with E-state index >= 15 is 0 Å². The van der Waals surface area contributed by atoms with Gasteiger partial charge in [0.05, 0.1) is 20.3 Å². The van der Waals surface area contributed by atoms with Crippen molar-refractivity contribution in [2.45, 2.75) is 104 Å². The summed E-state index contributed by atoms with van der Waals surface area (Å²) in [6.45, 7) is 16.4. The summed E-state index contributed by atoms with van der Waals surface area (Å²) in [5.74, 6) is 0.397. The number of ether oxygens (including phenoxy) is 3. The monoisotopic (exact) mass is 720 g/mol. The van der Waals surface area contributed by atoms with E-state index in [-0.39, 0.29) is 66.0 Å². The van der Waals surface area contributed by atoms with Crippen molar-refractivity contribution in [3.05, 3.63) is 47.5 Å². The molecule has 2 aliphatic rings. The van der Waals surface area contributed by atoms with Crippen LogP contribution in [0.25, 0.3) is 0 Å². The number of halogens is 1. The van der Waals surface area contributed by atoms with E-state index in [4.69, 9.17) is 14.2 Å². The third kappa shape index (κ3) is 11.3. The van der Waals surface area contributed by atoms with E-state index in [2.05, 4.69) is 5.32 Å². The highest BCUT2D eigenvalue weighted by Crippen LogP contribution is 2.30. The smallest absolute Gasteiger partial charge is 0.410 e. The van der Waals surface area contributed by atoms with Crippen LogP contribution in [0.1, 0.15) is 94.9 Å². The summed E-state index contributed by atoms with van der Waals surface area (Å²) < 4.78 is 15.6. The molecule has 280 valence electrons. The normalized spacial score (nSPS) is 17.5. The lowest BCUT2D eigenvalue weighted by Crippen LogP contribution is -2.54. The molecule has 3 amide bonds. The van der Waals surface area contributed by atoms with Gasteiger partial charge in [-0.3, -0.25) is 9.59 Å². The lowest BCUT2D eigenvalue weighted by atomic mass is 10.0. The number of rotatable bonds is 8. The van der Waals surface area contributed by atoms with Crippen LogP contribution in [0, 0.1) is 0 Å². The number of carbonyl (C=O) groups is 3. The average Bonchev–Trinajstić information content (AvgIpc) is 3.04. The van der Waals surface area contributed by atoms with Gasteiger partial charge in [-0.25, -0.2) is 4.79 Å². The third-order valence-corrected chi connectivity index (χ3v) is 8.54. The van der Waals surface area contributed by atoms with Gasteiger partial charge >= 0.3 is 6.09 Å². The van der Waals surface area contributed by atoms with E-state index in [0.717, 1.165) is 38.8 Å². The molecule has 2 saturated heterocycles. The number of likely N-dealkylation sites (tertiary alicyclic amines) is 1. The topological polar surface area (TPSA) is 141 Å². The van der Waals surface area contributed by atoms with Gasteiger partial charge in [-0.1, -0.05) is 0 Å². The Labute approximate surface area is 303 Å². The van der Waals surface area contributed by atoms with Crippen molar-refractivity contribution >= 4 is 30.3 Å². The van der Waals surface area contributed by atoms with Gasteiger partial charge in [0.15, 0.2) is 23.0 Å². The van der Waals surface area contributed by atoms with Gasteiger partial charge in [0.1, 0.15) is 5.60 Å². The van der Waals surface area contributed by atoms with E-state index in [1.54, 1.807) is 34.1 Å². The summed E-state index contributed by atoms with van der Waals surface area (Å²) in [7, 11) is 2.95. The zero-order valence-electron chi connectivity index (χ0n) is 31.0. The lowest BCUT2D eigenvalue weighted by Gasteiger charge is -2.41. The van der Waals surface area contributed by atoms with Crippen molar-refractivity contribution in [3.63, 3.8) is 0 Å². The highest BCUT2D eigenvalue weighted by molar-refractivity contribution is 5.96. The number of piperidine rings is 2. The van der Waals surface area contributed by atoms with Crippen LogP contribution < -0.4 is 14.8 Å². The molecule has 3 N–H and O–H groups in total. The Balaban J connectivity index is 0.000000353. The van der Waals surface area contributed by atoms with Gasteiger partial charge in [-0.15, -0.1) is 12.4 Å². The molecule has 2 heterocycles. The SMILES string of the molecule is COc1ccc(C(=O)N(C(C)C)[C@@H]2CCCN(C(=O)OC(C)(C)C)C2)cc1O.COc1ccc(C(=O)N(C(C)C)[C@@H]2CCCNC2)cc1O.Cl. The van der Waals surface area contributed by atoms with Crippen LogP contribution in [0.4, 0.5) is 4.79 Å². The number of methoxy groups -OCH3 is 2. The molecule has 2 fully saturated rings. The summed E-state index contributed by atoms with van der Waals surface area (Å²) in [6, 6.07) is 9.60. The molecule has 0 saturated carbocycles. The number of phenols is 2. The first-order valence-corrected chi connectivity index (χ1v) is 17.2. The molecule has 2 aromatic rings. The van der Waals surface area contributed by atoms with Gasteiger partial charge in [-0.05, 0) is 117 Å². The van der Waals surface area contributed by atoms with E-state index in [9.17, 15) is 24.6 Å². The number of nitrogens with zero attached hydrogens (tertiary/aromatic N) is 3. The molecule has 2 atom stereocenters. The molecule has 50 heavy (non-hydrogen) atoms. The minimum absolute atomic E-state index is 0. The molecular formula is C37H57ClN4O8. The van der Waals surface area contributed by atoms with Crippen LogP contribution >= 0.6 is 12.4 Å². The number of aromatic hydroxyl groups is 2. The van der Waals surface area contributed by atoms with Crippen LogP contribution in [-0.4, -0.2) is 113 Å². The summed E-state index contributed by atoms with van der Waals surface area (Å²) in [5, 5.41) is 23.2. The fraction of sp³-hybridized carbons (Fsp3) is 0.595. The van der Waals surface area contributed by atoms with Crippen LogP contribution in [0.15, 0.2) is 36.4 Å². The minimum atomic E-state index is -0.557. The second kappa shape index (κ2) is 18.9. The van der Waals surface area contributed by atoms with Crippen molar-refractivity contribution in [1.82, 2.24) is 20.0 Å². The fourth-order valence-electron chi connectivity index (χ4n) is 6.33. The van der Waals surface area contributed by atoms with Gasteiger partial charge in [0.2, 0.25) is 0 Å². The van der Waals surface area contributed by atoms with Crippen molar-refractivity contribution in [1.29, 1.82) is 0 Å². The summed E-state index contributed by atoms with van der Waals surface area (Å²) in [6.07, 6.45) is 3.35. The van der Waals surface area contributed by atoms with Crippen LogP contribution in [0.2, 0.25) is 0 Å². The number of nitrogens with one attached hydrogen (secondary N) is 1. The fourth-order valence-corrected chi connectivity index (χ4v) is 6.33. The van der Waals surface area contributed by atoms with Gasteiger partial charge < -0.3 is 44.4 Å². The first-order valence-electron chi connectivity index (χ1n) is 17.2. The standard InChI is InChI=1S/C21H32N2O5.C16H24N2O3.ClH/c1-14(2)23(19(25)15-9-10-18(27-6)17(24)12-15)16-8-7-11-22(13-16)20(26)28-21(3,4)5;1-11(2)18(13-5-4-8-17-10-13)16(20)12-6-7-15(21-3)14(19)9-12;/h9-10,12,14,16,24H,7-8,11,13H2,1-6H3;6-7,9,11,13,17,19H,4-5,8,10H2,1-3H3;1H/t16-;13-;/m11./s1. The maximum atomic E-state index is 13.2. The Morgan fingerprint density at radius 1 is 0.820 bits per heavy atom. The summed E-state index contributed by atoms with van der Waals surface area (Å²) in [4.78, 5) is 43.8. The quantitative estimate of drug-likeness (QED) is 0.296. The lowest BCUT2D eigenvalue weighted by molar-refractivity contribution is 0.00751. The molecule has 0 aliphatic carbocycles. The molecule has 13 heteroatoms. The summed E-state index contributed by atoms with van der Waals surface area (Å²) in [5.41, 5.74) is 0.326. The number of phenolic OH excluding ortho intramolecular Hbond substituents is 2. The van der Waals surface area contributed by atoms with E-state index in [1.807, 2.05) is 53.4 Å². The Morgan fingerprint density at radius 2 is 1.30 bits per heavy atom. The number of amides is 3. The molecule has 0 bridgehead atoms. The maximum Gasteiger partial charge on any atom is 0.410 e. The largest absolute Gasteiger partial charge is 0.504 e. The average molecular weight is 721 g/mol. The molecule has 0 aromatic heterocycles. The highest BCUT2D eigenvalue weighted by atomic mass is 35.5. The molecule has 12 nitrogen and oxygen atoms in total. The van der Waals surface area contributed by atoms with Crippen LogP contribution in [0.3, 0.4) is 0 Å². The third-order valence-electron chi connectivity index (χ3n) is 8.54. The predicted molar refractivity (Wildman–Crippen MR) is 196 cm³/mol. The Morgan fingerprint density at radius 3 is 1.70 bits per heavy atom. The molecule has 0 radical (unpaired) electrons. The van der Waals surface area contributed by atoms with Gasteiger partial charge in [0.25, 0.3) is 11.8 Å². The van der Waals surface area contributed by atoms with Crippen molar-refractivity contribution in [2.24, 2.45) is 0 Å². The highest BCUT2D eigenvalue weighted by Gasteiger charge is 2.34. The van der Waals surface area contributed by atoms with E-state index in [0.29, 0.717) is 35.7 Å². The van der Waals surface area contributed by atoms with Crippen molar-refractivity contribution < 1.29 is 38.8 Å². The molecular weight excluding hydrogens is 664 g/mol. The second-order valence-electron chi connectivity index (χ2n) is 14.1. The van der Waals surface area contributed by atoms with Crippen molar-refractivity contribution in [3.8, 4) is 23.0 Å². The van der Waals surface area contributed by atoms with E-state index in [1.165, 1.54) is 26.4 Å². The van der Waals surface area contributed by atoms with Crippen LogP contribution in [0.5, 0.6) is 23.0 Å². The van der Waals surface area contributed by atoms with Crippen molar-refractivity contribution in [2.75, 3.05) is 40.4 Å². The Kier molecular flexibility index (Phi) is 16.0. The van der Waals surface area contributed by atoms with Crippen LogP contribution in [-0.2, 0) is 4.74 Å². The molecule has 2 aliphatic heterocycles. The molecule has 4 rings (SSSR count). The minimum Gasteiger partial charge on any atom is -0.504 e. The first kappa shape index (κ1) is 42.3. The molecule has 0 spiro atoms. The Hall–Kier alpha value is -3.90. The zero-order valence-corrected chi connectivity index (χ0v) is 31.8. The predicted octanol–water partition coefficient (Wildman–Crippen LogP) is 6.08. The second-order valence-corrected chi connectivity index (χ2v) is 14.1. The van der Waals surface area contributed by atoms with E-state index < -0.39 is 5.60 Å². The Bertz CT molecular complexity index is 1420. The zero-order chi connectivity index (χ0) is 36.5. The number of benzene rings is 2. The number of carbonyl (C=O) groups excluding carboxylic acids is 3.